The number of aryl methyl sites for hydroxylation is 2. The Morgan fingerprint density at radius 3 is 2.16 bits per heavy atom. The van der Waals surface area contributed by atoms with Crippen molar-refractivity contribution in [2.75, 3.05) is 56.5 Å². The van der Waals surface area contributed by atoms with Crippen LogP contribution in [0.1, 0.15) is 51.1 Å². The molecule has 1 unspecified atom stereocenters. The molecule has 4 aromatic carbocycles. The third kappa shape index (κ3) is 6.72. The molecule has 1 aliphatic carbocycles. The summed E-state index contributed by atoms with van der Waals surface area (Å²) in [4.78, 5) is 53.0. The number of aromatic amines is 2. The van der Waals surface area contributed by atoms with Gasteiger partial charge in [-0.2, -0.15) is 0 Å². The number of phenols is 2. The fourth-order valence-corrected chi connectivity index (χ4v) is 9.24. The molecular weight excluding hydrogens is 765 g/mol. The predicted octanol–water partition coefficient (Wildman–Crippen LogP) is 8.08. The fourth-order valence-electron chi connectivity index (χ4n) is 8.72. The van der Waals surface area contributed by atoms with E-state index in [1.807, 2.05) is 74.6 Å². The molecule has 6 aromatic rings. The van der Waals surface area contributed by atoms with Crippen LogP contribution in [0.15, 0.2) is 79.1 Å². The van der Waals surface area contributed by atoms with E-state index in [1.54, 1.807) is 25.4 Å². The average Bonchev–Trinajstić information content (AvgIpc) is 3.98. The number of carbonyl (C=O) groups excluding carboxylic acids is 3. The number of aromatic nitrogens is 2. The number of nitrogens with zero attached hydrogens (tertiary/aromatic N) is 3. The van der Waals surface area contributed by atoms with Gasteiger partial charge < -0.3 is 34.7 Å². The zero-order valence-electron chi connectivity index (χ0n) is 31.8. The van der Waals surface area contributed by atoms with Gasteiger partial charge in [-0.3, -0.25) is 14.5 Å². The summed E-state index contributed by atoms with van der Waals surface area (Å²) in [5.41, 5.74) is 9.45. The van der Waals surface area contributed by atoms with E-state index in [2.05, 4.69) is 9.97 Å². The summed E-state index contributed by atoms with van der Waals surface area (Å²) in [5.74, 6) is -1.10. The van der Waals surface area contributed by atoms with Crippen LogP contribution in [0.3, 0.4) is 0 Å². The van der Waals surface area contributed by atoms with Crippen molar-refractivity contribution in [2.24, 2.45) is 0 Å². The van der Waals surface area contributed by atoms with Crippen LogP contribution in [-0.2, 0) is 14.3 Å². The lowest BCUT2D eigenvalue weighted by molar-refractivity contribution is -0.131. The van der Waals surface area contributed by atoms with E-state index in [1.165, 1.54) is 9.80 Å². The molecule has 1 aliphatic heterocycles. The monoisotopic (exact) mass is 807 g/mol. The van der Waals surface area contributed by atoms with Crippen molar-refractivity contribution in [3.8, 4) is 22.6 Å². The maximum Gasteiger partial charge on any atom is 0.410 e. The molecular formula is C44H43Cl2N5O6. The van der Waals surface area contributed by atoms with Gasteiger partial charge in [0, 0.05) is 78.9 Å². The van der Waals surface area contributed by atoms with E-state index in [-0.39, 0.29) is 60.7 Å². The van der Waals surface area contributed by atoms with Crippen molar-refractivity contribution >= 4 is 68.6 Å². The number of phenolic OH excluding ortho intramolecular Hbond substituents is 2. The van der Waals surface area contributed by atoms with Gasteiger partial charge in [0.1, 0.15) is 31.2 Å². The second kappa shape index (κ2) is 15.4. The molecule has 294 valence electrons. The van der Waals surface area contributed by atoms with E-state index < -0.39 is 31.0 Å². The van der Waals surface area contributed by atoms with E-state index >= 15 is 0 Å². The molecule has 0 fully saturated rings. The Hall–Kier alpha value is -5.65. The van der Waals surface area contributed by atoms with Crippen LogP contribution in [0.2, 0.25) is 0 Å². The van der Waals surface area contributed by atoms with E-state index in [0.717, 1.165) is 60.2 Å². The number of hydrogen-bond acceptors (Lipinski definition) is 6. The molecule has 0 saturated heterocycles. The molecule has 4 N–H and O–H groups in total. The van der Waals surface area contributed by atoms with Crippen molar-refractivity contribution in [2.45, 2.75) is 31.6 Å². The Morgan fingerprint density at radius 1 is 0.877 bits per heavy atom. The number of fused-ring (bicyclic) bond motifs is 7. The third-order valence-corrected chi connectivity index (χ3v) is 12.3. The number of rotatable bonds is 11. The minimum Gasteiger partial charge on any atom is -0.506 e. The Kier molecular flexibility index (Phi) is 10.3. The lowest BCUT2D eigenvalue weighted by Crippen LogP contribution is -2.48. The summed E-state index contributed by atoms with van der Waals surface area (Å²) in [5, 5.41) is 23.1. The molecule has 0 radical (unpaired) electrons. The van der Waals surface area contributed by atoms with Gasteiger partial charge >= 0.3 is 6.09 Å². The molecule has 57 heavy (non-hydrogen) atoms. The number of likely N-dealkylation sites (N-methyl/N-ethyl adjacent to an activating group) is 1. The largest absolute Gasteiger partial charge is 0.506 e. The number of alkyl halides is 2. The lowest BCUT2D eigenvalue weighted by atomic mass is 9.94. The minimum absolute atomic E-state index is 0.00224. The maximum absolute atomic E-state index is 14.3. The topological polar surface area (TPSA) is 142 Å². The first-order valence-electron chi connectivity index (χ1n) is 18.9. The standard InChI is InChI=1S/C44H43Cl2N5O6/c1-24-17-47-42-35(52)13-12-28(39(24)42)26(15-45)19-49(3)37(54)21-50(44(56)57-23-33-31-10-6-4-8-29(31)30-9-5-7-11-32(30)33)22-38(55)51-20-27(16-46)41-34(51)14-36(53)43-40(41)25(2)18-48-43/h4-14,17-18,26-27,33,47-48,52-53H,15-16,19-23H2,1-3H3/t26-,27?/m1/s1. The molecule has 11 nitrogen and oxygen atoms in total. The number of nitrogens with one attached hydrogen (secondary N) is 2. The number of H-pyrrole nitrogens is 2. The molecule has 0 bridgehead atoms. The number of benzene rings is 4. The Morgan fingerprint density at radius 2 is 1.51 bits per heavy atom. The third-order valence-electron chi connectivity index (χ3n) is 11.6. The van der Waals surface area contributed by atoms with Gasteiger partial charge in [-0.25, -0.2) is 4.79 Å². The number of amides is 3. The number of ether oxygens (including phenoxy) is 1. The van der Waals surface area contributed by atoms with Gasteiger partial charge in [-0.05, 0) is 64.4 Å². The molecule has 2 aliphatic rings. The van der Waals surface area contributed by atoms with Crippen LogP contribution in [0.4, 0.5) is 10.5 Å². The molecule has 3 amide bonds. The van der Waals surface area contributed by atoms with Crippen LogP contribution in [0.5, 0.6) is 11.5 Å². The van der Waals surface area contributed by atoms with Crippen LogP contribution in [0, 0.1) is 13.8 Å². The molecule has 13 heteroatoms. The van der Waals surface area contributed by atoms with Crippen molar-refractivity contribution in [3.63, 3.8) is 0 Å². The number of carbonyl (C=O) groups is 3. The number of halogens is 2. The zero-order valence-corrected chi connectivity index (χ0v) is 33.3. The van der Waals surface area contributed by atoms with Crippen molar-refractivity contribution in [1.82, 2.24) is 19.8 Å². The van der Waals surface area contributed by atoms with Crippen LogP contribution < -0.4 is 4.90 Å². The smallest absolute Gasteiger partial charge is 0.410 e. The lowest BCUT2D eigenvalue weighted by Gasteiger charge is -2.29. The Balaban J connectivity index is 1.06. The van der Waals surface area contributed by atoms with Crippen molar-refractivity contribution in [3.05, 3.63) is 113 Å². The van der Waals surface area contributed by atoms with E-state index in [0.29, 0.717) is 16.7 Å². The van der Waals surface area contributed by atoms with Crippen molar-refractivity contribution in [1.29, 1.82) is 0 Å². The highest BCUT2D eigenvalue weighted by molar-refractivity contribution is 6.19. The Labute approximate surface area is 339 Å². The summed E-state index contributed by atoms with van der Waals surface area (Å²) >= 11 is 13.0. The molecule has 0 saturated carbocycles. The molecule has 3 heterocycles. The van der Waals surface area contributed by atoms with Crippen LogP contribution in [-0.4, -0.2) is 99.5 Å². The van der Waals surface area contributed by atoms with Gasteiger partial charge in [0.2, 0.25) is 11.8 Å². The van der Waals surface area contributed by atoms with Crippen LogP contribution >= 0.6 is 23.2 Å². The quantitative estimate of drug-likeness (QED) is 0.0976. The zero-order chi connectivity index (χ0) is 40.1. The van der Waals surface area contributed by atoms with Gasteiger partial charge in [-0.1, -0.05) is 54.6 Å². The predicted molar refractivity (Wildman–Crippen MR) is 223 cm³/mol. The van der Waals surface area contributed by atoms with Gasteiger partial charge in [0.05, 0.1) is 16.7 Å². The highest BCUT2D eigenvalue weighted by Crippen LogP contribution is 2.47. The SMILES string of the molecule is Cc1c[nH]c2c(O)ccc([C@H](CCl)CN(C)C(=O)CN(CC(=O)N3CC(CCl)c4c3cc(O)c3[nH]cc(C)c43)C(=O)OCC3c4ccccc4-c4ccccc43)c12. The summed E-state index contributed by atoms with van der Waals surface area (Å²) < 4.78 is 6.01. The molecule has 2 aromatic heterocycles. The van der Waals surface area contributed by atoms with Crippen molar-refractivity contribution < 1.29 is 29.3 Å². The summed E-state index contributed by atoms with van der Waals surface area (Å²) in [7, 11) is 1.64. The number of aromatic hydroxyl groups is 2. The minimum atomic E-state index is -0.808. The fraction of sp³-hybridized carbons (Fsp3) is 0.295. The maximum atomic E-state index is 14.3. The van der Waals surface area contributed by atoms with Gasteiger partial charge in [-0.15, -0.1) is 23.2 Å². The normalized spacial score (nSPS) is 15.1. The molecule has 0 spiro atoms. The first kappa shape index (κ1) is 38.2. The van der Waals surface area contributed by atoms with E-state index in [9.17, 15) is 24.6 Å². The van der Waals surface area contributed by atoms with Gasteiger partial charge in [0.25, 0.3) is 0 Å². The second-order valence-corrected chi connectivity index (χ2v) is 15.7. The first-order chi connectivity index (χ1) is 27.5. The highest BCUT2D eigenvalue weighted by atomic mass is 35.5. The average molecular weight is 809 g/mol. The summed E-state index contributed by atoms with van der Waals surface area (Å²) in [6.07, 6.45) is 2.81. The summed E-state index contributed by atoms with van der Waals surface area (Å²) in [6, 6.07) is 21.0. The second-order valence-electron chi connectivity index (χ2n) is 15.1. The molecule has 8 rings (SSSR count). The summed E-state index contributed by atoms with van der Waals surface area (Å²) in [6.45, 7) is 3.41. The Bertz CT molecular complexity index is 2500. The van der Waals surface area contributed by atoms with Gasteiger partial charge in [0.15, 0.2) is 0 Å². The van der Waals surface area contributed by atoms with Crippen LogP contribution in [0.25, 0.3) is 32.9 Å². The van der Waals surface area contributed by atoms with E-state index in [4.69, 9.17) is 27.9 Å². The molecule has 2 atom stereocenters. The number of anilines is 1. The highest BCUT2D eigenvalue weighted by Gasteiger charge is 2.38. The number of hydrogen-bond donors (Lipinski definition) is 4. The first-order valence-corrected chi connectivity index (χ1v) is 20.0.